The molecule has 4 rings (SSSR count). The number of hydrogen-bond acceptors (Lipinski definition) is 4. The summed E-state index contributed by atoms with van der Waals surface area (Å²) in [6, 6.07) is 10.4. The lowest BCUT2D eigenvalue weighted by atomic mass is 9.97. The lowest BCUT2D eigenvalue weighted by molar-refractivity contribution is 0.592. The molecule has 0 saturated carbocycles. The zero-order valence-corrected chi connectivity index (χ0v) is 18.4. The number of benzene rings is 1. The van der Waals surface area contributed by atoms with Crippen molar-refractivity contribution in [3.05, 3.63) is 56.7 Å². The van der Waals surface area contributed by atoms with Crippen molar-refractivity contribution in [2.75, 3.05) is 5.75 Å². The van der Waals surface area contributed by atoms with E-state index in [1.807, 2.05) is 10.6 Å². The summed E-state index contributed by atoms with van der Waals surface area (Å²) in [5, 5.41) is 1.80. The topological polar surface area (TPSA) is 34.9 Å². The van der Waals surface area contributed by atoms with E-state index in [0.29, 0.717) is 12.5 Å². The summed E-state index contributed by atoms with van der Waals surface area (Å²) >= 11 is 3.50. The third-order valence-electron chi connectivity index (χ3n) is 5.43. The van der Waals surface area contributed by atoms with Crippen LogP contribution in [0, 0.1) is 5.92 Å². The molecular formula is C23H28N2OS2. The molecule has 3 nitrogen and oxygen atoms in total. The Hall–Kier alpha value is -1.59. The molecule has 0 amide bonds. The zero-order valence-electron chi connectivity index (χ0n) is 16.7. The highest BCUT2D eigenvalue weighted by Gasteiger charge is 2.22. The molecule has 5 heteroatoms. The van der Waals surface area contributed by atoms with Crippen molar-refractivity contribution in [1.29, 1.82) is 0 Å². The maximum absolute atomic E-state index is 13.5. The third-order valence-corrected chi connectivity index (χ3v) is 7.63. The van der Waals surface area contributed by atoms with E-state index < -0.39 is 0 Å². The monoisotopic (exact) mass is 412 g/mol. The van der Waals surface area contributed by atoms with Gasteiger partial charge >= 0.3 is 0 Å². The largest absolute Gasteiger partial charge is 0.287 e. The van der Waals surface area contributed by atoms with Crippen LogP contribution >= 0.6 is 23.1 Å². The normalized spacial score (nSPS) is 14.0. The van der Waals surface area contributed by atoms with Crippen LogP contribution in [0.5, 0.6) is 0 Å². The maximum atomic E-state index is 13.5. The molecule has 0 N–H and O–H groups in total. The number of thioether (sulfide) groups is 1. The molecule has 0 saturated heterocycles. The van der Waals surface area contributed by atoms with E-state index >= 15 is 0 Å². The van der Waals surface area contributed by atoms with Gasteiger partial charge in [0.1, 0.15) is 4.83 Å². The average molecular weight is 413 g/mol. The van der Waals surface area contributed by atoms with Crippen molar-refractivity contribution in [2.45, 2.75) is 64.1 Å². The van der Waals surface area contributed by atoms with Gasteiger partial charge in [0.25, 0.3) is 5.56 Å². The molecule has 0 atom stereocenters. The lowest BCUT2D eigenvalue weighted by Gasteiger charge is -2.14. The van der Waals surface area contributed by atoms with Gasteiger partial charge < -0.3 is 0 Å². The Kier molecular flexibility index (Phi) is 6.22. The quantitative estimate of drug-likeness (QED) is 0.368. The van der Waals surface area contributed by atoms with Crippen molar-refractivity contribution in [3.8, 4) is 0 Å². The Morgan fingerprint density at radius 2 is 1.96 bits per heavy atom. The Morgan fingerprint density at radius 1 is 1.18 bits per heavy atom. The number of hydrogen-bond donors (Lipinski definition) is 0. The van der Waals surface area contributed by atoms with E-state index in [0.717, 1.165) is 46.8 Å². The molecule has 148 valence electrons. The van der Waals surface area contributed by atoms with Gasteiger partial charge in [0.15, 0.2) is 5.16 Å². The van der Waals surface area contributed by atoms with E-state index in [1.54, 1.807) is 23.1 Å². The van der Waals surface area contributed by atoms with Crippen LogP contribution in [0.4, 0.5) is 0 Å². The summed E-state index contributed by atoms with van der Waals surface area (Å²) in [5.41, 5.74) is 2.73. The molecule has 1 aliphatic carbocycles. The Balaban J connectivity index is 1.72. The molecule has 0 bridgehead atoms. The van der Waals surface area contributed by atoms with Crippen molar-refractivity contribution in [2.24, 2.45) is 5.92 Å². The van der Waals surface area contributed by atoms with Gasteiger partial charge in [-0.3, -0.25) is 9.36 Å². The molecule has 0 unspecified atom stereocenters. The smallest absolute Gasteiger partial charge is 0.263 e. The summed E-state index contributed by atoms with van der Waals surface area (Å²) in [5.74, 6) is 1.67. The van der Waals surface area contributed by atoms with Gasteiger partial charge in [-0.15, -0.1) is 11.3 Å². The van der Waals surface area contributed by atoms with E-state index in [4.69, 9.17) is 4.98 Å². The fourth-order valence-corrected chi connectivity index (χ4v) is 6.37. The van der Waals surface area contributed by atoms with Crippen LogP contribution in [-0.2, 0) is 25.8 Å². The summed E-state index contributed by atoms with van der Waals surface area (Å²) in [4.78, 5) is 20.9. The first kappa shape index (κ1) is 19.7. The Morgan fingerprint density at radius 3 is 2.75 bits per heavy atom. The number of nitrogens with zero attached hydrogens (tertiary/aromatic N) is 2. The highest BCUT2D eigenvalue weighted by atomic mass is 32.2. The van der Waals surface area contributed by atoms with Crippen molar-refractivity contribution in [3.63, 3.8) is 0 Å². The van der Waals surface area contributed by atoms with Crippen molar-refractivity contribution >= 4 is 33.3 Å². The van der Waals surface area contributed by atoms with Gasteiger partial charge in [0, 0.05) is 17.2 Å². The molecule has 2 aromatic heterocycles. The number of fused-ring (bicyclic) bond motifs is 3. The van der Waals surface area contributed by atoms with E-state index in [1.165, 1.54) is 28.8 Å². The highest BCUT2D eigenvalue weighted by Crippen LogP contribution is 2.34. The van der Waals surface area contributed by atoms with Crippen LogP contribution in [-0.4, -0.2) is 15.3 Å². The van der Waals surface area contributed by atoms with Gasteiger partial charge in [0.2, 0.25) is 0 Å². The highest BCUT2D eigenvalue weighted by molar-refractivity contribution is 7.99. The first-order valence-electron chi connectivity index (χ1n) is 10.4. The minimum Gasteiger partial charge on any atom is -0.287 e. The molecule has 0 radical (unpaired) electrons. The van der Waals surface area contributed by atoms with Crippen LogP contribution < -0.4 is 5.56 Å². The van der Waals surface area contributed by atoms with Crippen LogP contribution in [0.15, 0.2) is 40.3 Å². The number of aryl methyl sites for hydroxylation is 3. The second kappa shape index (κ2) is 8.83. The second-order valence-corrected chi connectivity index (χ2v) is 10.2. The summed E-state index contributed by atoms with van der Waals surface area (Å²) in [7, 11) is 0. The first-order valence-corrected chi connectivity index (χ1v) is 12.2. The molecular weight excluding hydrogens is 384 g/mol. The summed E-state index contributed by atoms with van der Waals surface area (Å²) in [6.45, 7) is 5.18. The number of aromatic nitrogens is 2. The number of thiophene rings is 1. The predicted molar refractivity (Wildman–Crippen MR) is 121 cm³/mol. The van der Waals surface area contributed by atoms with Gasteiger partial charge in [-0.2, -0.15) is 0 Å². The first-order chi connectivity index (χ1) is 13.6. The SMILES string of the molecule is CC(C)CCSc1nc2sc3c(c2c(=O)n1CCc1ccccc1)CCCC3. The van der Waals surface area contributed by atoms with Crippen molar-refractivity contribution < 1.29 is 0 Å². The molecule has 0 aliphatic heterocycles. The van der Waals surface area contributed by atoms with Gasteiger partial charge in [-0.1, -0.05) is 55.9 Å². The average Bonchev–Trinajstić information content (AvgIpc) is 3.06. The van der Waals surface area contributed by atoms with Gasteiger partial charge in [-0.05, 0) is 55.6 Å². The fourth-order valence-electron chi connectivity index (χ4n) is 3.80. The zero-order chi connectivity index (χ0) is 19.5. The molecule has 0 spiro atoms. The maximum Gasteiger partial charge on any atom is 0.263 e. The van der Waals surface area contributed by atoms with Gasteiger partial charge in [0.05, 0.1) is 5.39 Å². The predicted octanol–water partition coefficient (Wildman–Crippen LogP) is 5.72. The standard InChI is InChI=1S/C23H28N2OS2/c1-16(2)13-15-27-23-24-21-20(18-10-6-7-11-19(18)28-21)22(26)25(23)14-12-17-8-4-3-5-9-17/h3-5,8-9,16H,6-7,10-15H2,1-2H3. The van der Waals surface area contributed by atoms with Crippen LogP contribution in [0.25, 0.3) is 10.2 Å². The summed E-state index contributed by atoms with van der Waals surface area (Å²) < 4.78 is 1.95. The van der Waals surface area contributed by atoms with Crippen molar-refractivity contribution in [1.82, 2.24) is 9.55 Å². The second-order valence-electron chi connectivity index (χ2n) is 8.01. The third kappa shape index (κ3) is 4.20. The van der Waals surface area contributed by atoms with Crippen LogP contribution in [0.2, 0.25) is 0 Å². The minimum absolute atomic E-state index is 0.173. The molecule has 0 fully saturated rings. The van der Waals surface area contributed by atoms with Gasteiger partial charge in [-0.25, -0.2) is 4.98 Å². The molecule has 1 aromatic carbocycles. The number of rotatable bonds is 7. The van der Waals surface area contributed by atoms with E-state index in [2.05, 4.69) is 38.1 Å². The lowest BCUT2D eigenvalue weighted by Crippen LogP contribution is -2.25. The Labute approximate surface area is 175 Å². The van der Waals surface area contributed by atoms with E-state index in [-0.39, 0.29) is 5.56 Å². The fraction of sp³-hybridized carbons (Fsp3) is 0.478. The molecule has 28 heavy (non-hydrogen) atoms. The van der Waals surface area contributed by atoms with Crippen LogP contribution in [0.3, 0.4) is 0 Å². The Bertz CT molecular complexity index is 1000. The van der Waals surface area contributed by atoms with E-state index in [9.17, 15) is 4.79 Å². The minimum atomic E-state index is 0.173. The summed E-state index contributed by atoms with van der Waals surface area (Å²) in [6.07, 6.45) is 6.56. The molecule has 1 aliphatic rings. The van der Waals surface area contributed by atoms with Crippen LogP contribution in [0.1, 0.15) is 49.1 Å². The molecule has 3 aromatic rings. The molecule has 2 heterocycles.